The van der Waals surface area contributed by atoms with Gasteiger partial charge in [-0.1, -0.05) is 15.9 Å². The van der Waals surface area contributed by atoms with E-state index in [0.29, 0.717) is 22.6 Å². The first-order valence-corrected chi connectivity index (χ1v) is 6.91. The van der Waals surface area contributed by atoms with Crippen molar-refractivity contribution in [3.8, 4) is 11.5 Å². The molecule has 0 fully saturated rings. The number of benzene rings is 2. The smallest absolute Gasteiger partial charge is 0.272 e. The summed E-state index contributed by atoms with van der Waals surface area (Å²) in [4.78, 5) is 22.0. The minimum Gasteiger partial charge on any atom is -0.457 e. The van der Waals surface area contributed by atoms with Gasteiger partial charge in [0.2, 0.25) is 0 Å². The quantitative estimate of drug-likeness (QED) is 0.457. The van der Waals surface area contributed by atoms with E-state index in [-0.39, 0.29) is 11.5 Å². The molecular weight excluding hydrogens is 338 g/mol. The van der Waals surface area contributed by atoms with E-state index in [9.17, 15) is 14.9 Å². The summed E-state index contributed by atoms with van der Waals surface area (Å²) in [6.45, 7) is 3.09. The zero-order valence-corrected chi connectivity index (χ0v) is 13.0. The van der Waals surface area contributed by atoms with Gasteiger partial charge in [-0.05, 0) is 44.2 Å². The summed E-state index contributed by atoms with van der Waals surface area (Å²) in [7, 11) is 0. The second kappa shape index (κ2) is 6.05. The topological polar surface area (TPSA) is 69.4 Å². The molecule has 0 atom stereocenters. The summed E-state index contributed by atoms with van der Waals surface area (Å²) in [5, 5.41) is 10.8. The average molecular weight is 350 g/mol. The van der Waals surface area contributed by atoms with Crippen LogP contribution in [0, 0.1) is 17.0 Å². The maximum atomic E-state index is 11.6. The van der Waals surface area contributed by atoms with Crippen LogP contribution in [0.2, 0.25) is 0 Å². The van der Waals surface area contributed by atoms with Crippen LogP contribution in [0.15, 0.2) is 40.9 Å². The van der Waals surface area contributed by atoms with E-state index in [1.807, 2.05) is 0 Å². The number of carbonyl (C=O) groups is 1. The molecule has 0 unspecified atom stereocenters. The van der Waals surface area contributed by atoms with Gasteiger partial charge < -0.3 is 4.74 Å². The number of Topliss-reactive ketones (excluding diaryl/α,β-unsaturated/α-hetero) is 1. The van der Waals surface area contributed by atoms with E-state index in [0.717, 1.165) is 4.47 Å². The number of ketones is 1. The summed E-state index contributed by atoms with van der Waals surface area (Å²) in [5.41, 5.74) is 0.976. The fourth-order valence-corrected chi connectivity index (χ4v) is 2.25. The molecule has 108 valence electrons. The Morgan fingerprint density at radius 3 is 2.52 bits per heavy atom. The van der Waals surface area contributed by atoms with Crippen molar-refractivity contribution in [2.45, 2.75) is 13.8 Å². The van der Waals surface area contributed by atoms with Crippen LogP contribution in [0.4, 0.5) is 5.69 Å². The highest BCUT2D eigenvalue weighted by atomic mass is 79.9. The summed E-state index contributed by atoms with van der Waals surface area (Å²) in [6, 6.07) is 9.59. The predicted molar refractivity (Wildman–Crippen MR) is 82.1 cm³/mol. The number of hydrogen-bond acceptors (Lipinski definition) is 4. The molecule has 0 saturated carbocycles. The largest absolute Gasteiger partial charge is 0.457 e. The maximum absolute atomic E-state index is 11.6. The van der Waals surface area contributed by atoms with Gasteiger partial charge in [0.1, 0.15) is 11.5 Å². The fraction of sp³-hybridized carbons (Fsp3) is 0.133. The lowest BCUT2D eigenvalue weighted by atomic mass is 10.1. The van der Waals surface area contributed by atoms with Gasteiger partial charge >= 0.3 is 0 Å². The third-order valence-corrected chi connectivity index (χ3v) is 3.41. The second-order valence-corrected chi connectivity index (χ2v) is 5.42. The summed E-state index contributed by atoms with van der Waals surface area (Å²) < 4.78 is 6.45. The van der Waals surface area contributed by atoms with Crippen molar-refractivity contribution in [3.05, 3.63) is 62.1 Å². The van der Waals surface area contributed by atoms with Crippen molar-refractivity contribution >= 4 is 27.4 Å². The zero-order chi connectivity index (χ0) is 15.6. The molecular formula is C15H12BrNO4. The van der Waals surface area contributed by atoms with Gasteiger partial charge in [0.25, 0.3) is 5.69 Å². The van der Waals surface area contributed by atoms with E-state index in [1.165, 1.54) is 19.1 Å². The maximum Gasteiger partial charge on any atom is 0.272 e. The minimum atomic E-state index is -0.445. The molecule has 0 bridgehead atoms. The molecule has 2 rings (SSSR count). The first-order chi connectivity index (χ1) is 9.88. The normalized spacial score (nSPS) is 10.2. The number of nitro groups is 1. The molecule has 0 aliphatic heterocycles. The van der Waals surface area contributed by atoms with Crippen LogP contribution in [0.5, 0.6) is 11.5 Å². The highest BCUT2D eigenvalue weighted by molar-refractivity contribution is 9.10. The molecule has 0 saturated heterocycles. The molecule has 0 aromatic heterocycles. The lowest BCUT2D eigenvalue weighted by molar-refractivity contribution is -0.385. The van der Waals surface area contributed by atoms with Crippen LogP contribution in [0.25, 0.3) is 0 Å². The van der Waals surface area contributed by atoms with Crippen molar-refractivity contribution in [2.24, 2.45) is 0 Å². The van der Waals surface area contributed by atoms with Crippen molar-refractivity contribution < 1.29 is 14.5 Å². The van der Waals surface area contributed by atoms with E-state index < -0.39 is 4.92 Å². The molecule has 0 N–H and O–H groups in total. The molecule has 2 aromatic carbocycles. The van der Waals surface area contributed by atoms with E-state index in [4.69, 9.17) is 4.74 Å². The third-order valence-electron chi connectivity index (χ3n) is 2.91. The van der Waals surface area contributed by atoms with Gasteiger partial charge in [-0.25, -0.2) is 0 Å². The number of hydrogen-bond donors (Lipinski definition) is 0. The Morgan fingerprint density at radius 2 is 1.95 bits per heavy atom. The van der Waals surface area contributed by atoms with Crippen molar-refractivity contribution in [1.29, 1.82) is 0 Å². The van der Waals surface area contributed by atoms with Gasteiger partial charge in [0.05, 0.1) is 10.5 Å². The van der Waals surface area contributed by atoms with Crippen molar-refractivity contribution in [1.82, 2.24) is 0 Å². The van der Waals surface area contributed by atoms with E-state index >= 15 is 0 Å². The molecule has 0 spiro atoms. The molecule has 0 heterocycles. The average Bonchev–Trinajstić information content (AvgIpc) is 2.40. The SMILES string of the molecule is CC(=O)c1cc(Br)ccc1Oc1ccc([N+](=O)[O-])c(C)c1. The van der Waals surface area contributed by atoms with Crippen LogP contribution < -0.4 is 4.74 Å². The molecule has 0 amide bonds. The van der Waals surface area contributed by atoms with E-state index in [2.05, 4.69) is 15.9 Å². The van der Waals surface area contributed by atoms with Crippen molar-refractivity contribution in [2.75, 3.05) is 0 Å². The molecule has 6 heteroatoms. The Kier molecular flexibility index (Phi) is 4.37. The van der Waals surface area contributed by atoms with Crippen LogP contribution in [-0.4, -0.2) is 10.7 Å². The Hall–Kier alpha value is -2.21. The Labute approximate surface area is 129 Å². The lowest BCUT2D eigenvalue weighted by Gasteiger charge is -2.10. The monoisotopic (exact) mass is 349 g/mol. The number of aryl methyl sites for hydroxylation is 1. The molecule has 0 radical (unpaired) electrons. The third kappa shape index (κ3) is 3.46. The standard InChI is InChI=1S/C15H12BrNO4/c1-9-7-12(4-5-14(9)17(19)20)21-15-6-3-11(16)8-13(15)10(2)18/h3-8H,1-2H3. The minimum absolute atomic E-state index is 0.0324. The number of nitrogens with zero attached hydrogens (tertiary/aromatic N) is 1. The van der Waals surface area contributed by atoms with Crippen molar-refractivity contribution in [3.63, 3.8) is 0 Å². The molecule has 0 aliphatic rings. The molecule has 5 nitrogen and oxygen atoms in total. The number of halogens is 1. The van der Waals surface area contributed by atoms with Gasteiger partial charge in [-0.15, -0.1) is 0 Å². The van der Waals surface area contributed by atoms with Crippen LogP contribution in [0.1, 0.15) is 22.8 Å². The van der Waals surface area contributed by atoms with E-state index in [1.54, 1.807) is 31.2 Å². The number of ether oxygens (including phenoxy) is 1. The fourth-order valence-electron chi connectivity index (χ4n) is 1.89. The van der Waals surface area contributed by atoms with Crippen LogP contribution >= 0.6 is 15.9 Å². The summed E-state index contributed by atoms with van der Waals surface area (Å²) in [5.74, 6) is 0.742. The van der Waals surface area contributed by atoms with Gasteiger partial charge in [-0.3, -0.25) is 14.9 Å². The molecule has 21 heavy (non-hydrogen) atoms. The summed E-state index contributed by atoms with van der Waals surface area (Å²) >= 11 is 3.30. The number of carbonyl (C=O) groups excluding carboxylic acids is 1. The Balaban J connectivity index is 2.37. The molecule has 0 aliphatic carbocycles. The van der Waals surface area contributed by atoms with Gasteiger partial charge in [-0.2, -0.15) is 0 Å². The predicted octanol–water partition coefficient (Wildman–Crippen LogP) is 4.66. The van der Waals surface area contributed by atoms with Crippen LogP contribution in [0.3, 0.4) is 0 Å². The van der Waals surface area contributed by atoms with Crippen LogP contribution in [-0.2, 0) is 0 Å². The first-order valence-electron chi connectivity index (χ1n) is 6.12. The Morgan fingerprint density at radius 1 is 1.24 bits per heavy atom. The highest BCUT2D eigenvalue weighted by Gasteiger charge is 2.13. The second-order valence-electron chi connectivity index (χ2n) is 4.50. The van der Waals surface area contributed by atoms with Gasteiger partial charge in [0.15, 0.2) is 5.78 Å². The molecule has 2 aromatic rings. The Bertz CT molecular complexity index is 728. The number of rotatable bonds is 4. The lowest BCUT2D eigenvalue weighted by Crippen LogP contribution is -1.98. The summed E-state index contributed by atoms with van der Waals surface area (Å²) in [6.07, 6.45) is 0. The first kappa shape index (κ1) is 15.2. The number of nitro benzene ring substituents is 1. The highest BCUT2D eigenvalue weighted by Crippen LogP contribution is 2.31. The zero-order valence-electron chi connectivity index (χ0n) is 11.4. The van der Waals surface area contributed by atoms with Gasteiger partial charge in [0, 0.05) is 16.1 Å².